The Morgan fingerprint density at radius 1 is 0.417 bits per heavy atom. The minimum Gasteiger partial charge on any atom is -0.456 e. The zero-order chi connectivity index (χ0) is 31.6. The number of fused-ring (bicyclic) bond motifs is 7. The maximum absolute atomic E-state index is 6.48. The van der Waals surface area contributed by atoms with Gasteiger partial charge in [0.05, 0.1) is 0 Å². The largest absolute Gasteiger partial charge is 0.456 e. The Bertz CT molecular complexity index is 2850. The second-order valence-corrected chi connectivity index (χ2v) is 13.1. The van der Waals surface area contributed by atoms with Crippen LogP contribution in [0.2, 0.25) is 0 Å². The van der Waals surface area contributed by atoms with Crippen molar-refractivity contribution >= 4 is 64.2 Å². The third-order valence-electron chi connectivity index (χ3n) is 9.11. The second kappa shape index (κ2) is 10.7. The summed E-state index contributed by atoms with van der Waals surface area (Å²) >= 11 is 1.78. The van der Waals surface area contributed by atoms with Gasteiger partial charge >= 0.3 is 0 Å². The monoisotopic (exact) mass is 631 g/mol. The summed E-state index contributed by atoms with van der Waals surface area (Å²) in [6, 6.07) is 52.7. The Morgan fingerprint density at radius 3 is 2.02 bits per heavy atom. The van der Waals surface area contributed by atoms with Crippen LogP contribution in [-0.4, -0.2) is 15.0 Å². The number of hydrogen-bond acceptors (Lipinski definition) is 5. The van der Waals surface area contributed by atoms with Crippen LogP contribution in [0.25, 0.3) is 98.2 Å². The van der Waals surface area contributed by atoms with E-state index in [4.69, 9.17) is 19.4 Å². The summed E-state index contributed by atoms with van der Waals surface area (Å²) in [4.78, 5) is 15.7. The van der Waals surface area contributed by atoms with Gasteiger partial charge in [0.2, 0.25) is 0 Å². The van der Waals surface area contributed by atoms with Crippen LogP contribution in [0.1, 0.15) is 0 Å². The van der Waals surface area contributed by atoms with Crippen molar-refractivity contribution in [3.8, 4) is 45.3 Å². The molecule has 0 aliphatic carbocycles. The van der Waals surface area contributed by atoms with Gasteiger partial charge in [0, 0.05) is 47.6 Å². The van der Waals surface area contributed by atoms with Crippen LogP contribution in [0.3, 0.4) is 0 Å². The van der Waals surface area contributed by atoms with Crippen molar-refractivity contribution in [2.45, 2.75) is 0 Å². The predicted molar refractivity (Wildman–Crippen MR) is 199 cm³/mol. The zero-order valence-electron chi connectivity index (χ0n) is 25.6. The van der Waals surface area contributed by atoms with E-state index in [0.29, 0.717) is 17.5 Å². The quantitative estimate of drug-likeness (QED) is 0.194. The van der Waals surface area contributed by atoms with Gasteiger partial charge in [-0.3, -0.25) is 0 Å². The van der Waals surface area contributed by atoms with Crippen molar-refractivity contribution < 1.29 is 4.42 Å². The van der Waals surface area contributed by atoms with Gasteiger partial charge in [-0.05, 0) is 58.3 Å². The van der Waals surface area contributed by atoms with Crippen molar-refractivity contribution in [3.05, 3.63) is 152 Å². The zero-order valence-corrected chi connectivity index (χ0v) is 26.4. The van der Waals surface area contributed by atoms with Gasteiger partial charge in [0.25, 0.3) is 0 Å². The van der Waals surface area contributed by atoms with Crippen molar-refractivity contribution in [2.24, 2.45) is 0 Å². The van der Waals surface area contributed by atoms with Gasteiger partial charge in [-0.1, -0.05) is 115 Å². The lowest BCUT2D eigenvalue weighted by Crippen LogP contribution is -2.01. The molecule has 4 nitrogen and oxygen atoms in total. The van der Waals surface area contributed by atoms with E-state index in [-0.39, 0.29) is 0 Å². The highest BCUT2D eigenvalue weighted by atomic mass is 32.1. The average Bonchev–Trinajstić information content (AvgIpc) is 3.73. The maximum Gasteiger partial charge on any atom is 0.165 e. The molecule has 0 saturated heterocycles. The molecule has 48 heavy (non-hydrogen) atoms. The first-order valence-corrected chi connectivity index (χ1v) is 16.8. The molecule has 7 aromatic carbocycles. The van der Waals surface area contributed by atoms with E-state index in [9.17, 15) is 0 Å². The summed E-state index contributed by atoms with van der Waals surface area (Å²) in [5.74, 6) is 1.88. The predicted octanol–water partition coefficient (Wildman–Crippen LogP) is 12.0. The molecule has 3 aromatic heterocycles. The summed E-state index contributed by atoms with van der Waals surface area (Å²) in [6.45, 7) is 0. The van der Waals surface area contributed by atoms with Crippen LogP contribution in [0.4, 0.5) is 0 Å². The molecule has 10 aromatic rings. The van der Waals surface area contributed by atoms with Gasteiger partial charge in [-0.25, -0.2) is 15.0 Å². The molecule has 5 heteroatoms. The number of furan rings is 1. The van der Waals surface area contributed by atoms with Crippen LogP contribution in [0.5, 0.6) is 0 Å². The highest BCUT2D eigenvalue weighted by molar-refractivity contribution is 7.26. The first kappa shape index (κ1) is 27.0. The average molecular weight is 632 g/mol. The molecule has 10 rings (SSSR count). The summed E-state index contributed by atoms with van der Waals surface area (Å²) < 4.78 is 8.88. The van der Waals surface area contributed by atoms with Crippen molar-refractivity contribution in [1.29, 1.82) is 0 Å². The fourth-order valence-electron chi connectivity index (χ4n) is 6.83. The Morgan fingerprint density at radius 2 is 1.12 bits per heavy atom. The van der Waals surface area contributed by atoms with E-state index < -0.39 is 0 Å². The van der Waals surface area contributed by atoms with Gasteiger partial charge < -0.3 is 4.42 Å². The molecule has 0 saturated carbocycles. The minimum absolute atomic E-state index is 0.607. The molecule has 0 spiro atoms. The van der Waals surface area contributed by atoms with Crippen LogP contribution < -0.4 is 0 Å². The Kier molecular flexibility index (Phi) is 6.01. The fourth-order valence-corrected chi connectivity index (χ4v) is 8.04. The van der Waals surface area contributed by atoms with Crippen LogP contribution in [0, 0.1) is 0 Å². The number of rotatable bonds is 4. The SMILES string of the molecule is c1ccc(-c2cc(-c3nc(-c4ccc5ccccc5c4)nc(-c4cccc5c4sc4ccccc45)n3)c3c(c2)oc2ccccc23)cc1. The first-order chi connectivity index (χ1) is 23.8. The van der Waals surface area contributed by atoms with Gasteiger partial charge in [-0.2, -0.15) is 0 Å². The number of aromatic nitrogens is 3. The lowest BCUT2D eigenvalue weighted by Gasteiger charge is -2.12. The smallest absolute Gasteiger partial charge is 0.165 e. The molecule has 0 unspecified atom stereocenters. The molecular weight excluding hydrogens is 607 g/mol. The van der Waals surface area contributed by atoms with Gasteiger partial charge in [0.15, 0.2) is 17.5 Å². The second-order valence-electron chi connectivity index (χ2n) is 12.0. The summed E-state index contributed by atoms with van der Waals surface area (Å²) in [5, 5.41) is 6.78. The number of para-hydroxylation sites is 1. The molecule has 0 radical (unpaired) electrons. The van der Waals surface area contributed by atoms with Crippen molar-refractivity contribution in [2.75, 3.05) is 0 Å². The van der Waals surface area contributed by atoms with E-state index >= 15 is 0 Å². The summed E-state index contributed by atoms with van der Waals surface area (Å²) in [6.07, 6.45) is 0. The molecular formula is C43H25N3OS. The normalized spacial score (nSPS) is 11.8. The molecule has 0 bridgehead atoms. The van der Waals surface area contributed by atoms with E-state index in [1.807, 2.05) is 24.3 Å². The molecule has 224 valence electrons. The topological polar surface area (TPSA) is 51.8 Å². The Balaban J connectivity index is 1.29. The van der Waals surface area contributed by atoms with E-state index in [2.05, 4.69) is 127 Å². The Hall–Kier alpha value is -6.17. The van der Waals surface area contributed by atoms with Crippen molar-refractivity contribution in [1.82, 2.24) is 15.0 Å². The van der Waals surface area contributed by atoms with Crippen molar-refractivity contribution in [3.63, 3.8) is 0 Å². The fraction of sp³-hybridized carbons (Fsp3) is 0. The molecule has 0 atom stereocenters. The first-order valence-electron chi connectivity index (χ1n) is 15.9. The van der Waals surface area contributed by atoms with Gasteiger partial charge in [-0.15, -0.1) is 11.3 Å². The molecule has 0 fully saturated rings. The van der Waals surface area contributed by atoms with E-state index in [0.717, 1.165) is 59.8 Å². The highest BCUT2D eigenvalue weighted by Gasteiger charge is 2.21. The molecule has 3 heterocycles. The number of hydrogen-bond donors (Lipinski definition) is 0. The molecule has 0 aliphatic heterocycles. The third kappa shape index (κ3) is 4.33. The number of benzene rings is 7. The summed E-state index contributed by atoms with van der Waals surface area (Å²) in [7, 11) is 0. The molecule has 0 N–H and O–H groups in total. The van der Waals surface area contributed by atoms with Gasteiger partial charge in [0.1, 0.15) is 11.2 Å². The Labute approximate surface area is 279 Å². The maximum atomic E-state index is 6.48. The van der Waals surface area contributed by atoms with Crippen LogP contribution in [-0.2, 0) is 0 Å². The number of thiophene rings is 1. The summed E-state index contributed by atoms with van der Waals surface area (Å²) in [5.41, 5.74) is 6.61. The molecule has 0 aliphatic rings. The third-order valence-corrected chi connectivity index (χ3v) is 10.3. The lowest BCUT2D eigenvalue weighted by molar-refractivity contribution is 0.669. The van der Waals surface area contributed by atoms with E-state index in [1.54, 1.807) is 11.3 Å². The minimum atomic E-state index is 0.607. The highest BCUT2D eigenvalue weighted by Crippen LogP contribution is 2.42. The van der Waals surface area contributed by atoms with Crippen LogP contribution >= 0.6 is 11.3 Å². The van der Waals surface area contributed by atoms with Crippen LogP contribution in [0.15, 0.2) is 156 Å². The molecule has 0 amide bonds. The van der Waals surface area contributed by atoms with E-state index in [1.165, 1.54) is 20.9 Å². The number of nitrogens with zero attached hydrogens (tertiary/aromatic N) is 3. The standard InChI is InChI=1S/C43H25N3OS/c1-2-11-26(12-3-1)30-24-35(39-33-16-6-8-19-36(33)47-37(39)25-30)43-45-41(29-22-21-27-13-4-5-14-28(27)23-29)44-42(46-43)34-18-10-17-32-31-15-7-9-20-38(31)48-40(32)34/h1-25H. The lowest BCUT2D eigenvalue weighted by atomic mass is 9.98.